The maximum atomic E-state index is 14.1. The second-order valence-electron chi connectivity index (χ2n) is 9.65. The molecular formula is C32H32FNO5. The number of halogens is 1. The van der Waals surface area contributed by atoms with Crippen molar-refractivity contribution in [3.05, 3.63) is 105 Å². The van der Waals surface area contributed by atoms with E-state index in [9.17, 15) is 14.0 Å². The largest absolute Gasteiger partial charge is 0.490 e. The molecule has 1 aromatic heterocycles. The molecule has 1 aliphatic heterocycles. The van der Waals surface area contributed by atoms with Gasteiger partial charge in [-0.3, -0.25) is 9.59 Å². The topological polar surface area (TPSA) is 69.0 Å². The molecular weight excluding hydrogens is 497 g/mol. The molecule has 0 bridgehead atoms. The van der Waals surface area contributed by atoms with Gasteiger partial charge in [0.15, 0.2) is 16.9 Å². The lowest BCUT2D eigenvalue weighted by molar-refractivity contribution is 0.0729. The quantitative estimate of drug-likeness (QED) is 0.203. The first kappa shape index (κ1) is 26.5. The van der Waals surface area contributed by atoms with Crippen molar-refractivity contribution >= 4 is 16.9 Å². The third-order valence-corrected chi connectivity index (χ3v) is 7.00. The van der Waals surface area contributed by atoms with Crippen LogP contribution in [0, 0.1) is 5.82 Å². The summed E-state index contributed by atoms with van der Waals surface area (Å²) in [6.45, 7) is 5.39. The van der Waals surface area contributed by atoms with Gasteiger partial charge in [-0.15, -0.1) is 0 Å². The molecule has 0 radical (unpaired) electrons. The van der Waals surface area contributed by atoms with E-state index in [1.54, 1.807) is 4.90 Å². The minimum absolute atomic E-state index is 0.00461. The molecule has 1 atom stereocenters. The number of benzene rings is 3. The summed E-state index contributed by atoms with van der Waals surface area (Å²) in [6, 6.07) is 18.4. The van der Waals surface area contributed by atoms with Crippen LogP contribution in [-0.4, -0.2) is 30.6 Å². The number of unbranched alkanes of at least 4 members (excludes halogenated alkanes) is 2. The van der Waals surface area contributed by atoms with Crippen molar-refractivity contribution in [3.63, 3.8) is 0 Å². The van der Waals surface area contributed by atoms with Crippen LogP contribution in [0.3, 0.4) is 0 Å². The van der Waals surface area contributed by atoms with Gasteiger partial charge >= 0.3 is 0 Å². The van der Waals surface area contributed by atoms with E-state index >= 15 is 0 Å². The summed E-state index contributed by atoms with van der Waals surface area (Å²) >= 11 is 0. The van der Waals surface area contributed by atoms with Crippen LogP contribution in [0.2, 0.25) is 0 Å². The van der Waals surface area contributed by atoms with E-state index in [0.29, 0.717) is 43.2 Å². The van der Waals surface area contributed by atoms with Crippen LogP contribution in [-0.2, 0) is 6.42 Å². The van der Waals surface area contributed by atoms with E-state index in [-0.39, 0.29) is 28.2 Å². The normalized spacial score (nSPS) is 14.6. The summed E-state index contributed by atoms with van der Waals surface area (Å²) in [6.07, 6.45) is 3.70. The van der Waals surface area contributed by atoms with E-state index in [1.165, 1.54) is 12.1 Å². The van der Waals surface area contributed by atoms with E-state index in [0.717, 1.165) is 30.9 Å². The Morgan fingerprint density at radius 1 is 0.923 bits per heavy atom. The SMILES string of the molecule is CCCCCOc1ccc(C2c3c(oc4ccc(F)cc4c3=O)C(=O)N2CCc2ccccc2)cc1OCC. The van der Waals surface area contributed by atoms with Gasteiger partial charge < -0.3 is 18.8 Å². The lowest BCUT2D eigenvalue weighted by atomic mass is 9.97. The summed E-state index contributed by atoms with van der Waals surface area (Å²) in [7, 11) is 0. The molecule has 0 saturated heterocycles. The highest BCUT2D eigenvalue weighted by Gasteiger charge is 2.42. The van der Waals surface area contributed by atoms with E-state index < -0.39 is 17.3 Å². The number of fused-ring (bicyclic) bond motifs is 2. The molecule has 39 heavy (non-hydrogen) atoms. The molecule has 1 unspecified atom stereocenters. The van der Waals surface area contributed by atoms with Crippen LogP contribution in [0.1, 0.15) is 66.4 Å². The highest BCUT2D eigenvalue weighted by molar-refractivity contribution is 5.99. The predicted octanol–water partition coefficient (Wildman–Crippen LogP) is 6.69. The number of rotatable bonds is 11. The Morgan fingerprint density at radius 2 is 1.74 bits per heavy atom. The Labute approximate surface area is 227 Å². The summed E-state index contributed by atoms with van der Waals surface area (Å²) in [5.41, 5.74) is 1.75. The first-order chi connectivity index (χ1) is 19.0. The maximum Gasteiger partial charge on any atom is 0.290 e. The minimum atomic E-state index is -0.714. The molecule has 1 amide bonds. The fraction of sp³-hybridized carbons (Fsp3) is 0.312. The van der Waals surface area contributed by atoms with Crippen molar-refractivity contribution < 1.29 is 23.1 Å². The van der Waals surface area contributed by atoms with Crippen LogP contribution in [0.25, 0.3) is 11.0 Å². The van der Waals surface area contributed by atoms with E-state index in [1.807, 2.05) is 55.5 Å². The average Bonchev–Trinajstić information content (AvgIpc) is 3.23. The van der Waals surface area contributed by atoms with Crippen molar-refractivity contribution in [1.82, 2.24) is 4.90 Å². The molecule has 1 aliphatic rings. The number of carbonyl (C=O) groups excluding carboxylic acids is 1. The van der Waals surface area contributed by atoms with Crippen molar-refractivity contribution in [3.8, 4) is 11.5 Å². The smallest absolute Gasteiger partial charge is 0.290 e. The van der Waals surface area contributed by atoms with Gasteiger partial charge in [-0.05, 0) is 61.2 Å². The Morgan fingerprint density at radius 3 is 2.51 bits per heavy atom. The molecule has 7 heteroatoms. The molecule has 6 nitrogen and oxygen atoms in total. The molecule has 202 valence electrons. The van der Waals surface area contributed by atoms with Crippen LogP contribution >= 0.6 is 0 Å². The van der Waals surface area contributed by atoms with Gasteiger partial charge in [0.2, 0.25) is 5.76 Å². The third-order valence-electron chi connectivity index (χ3n) is 7.00. The first-order valence-corrected chi connectivity index (χ1v) is 13.5. The van der Waals surface area contributed by atoms with Crippen molar-refractivity contribution in [2.75, 3.05) is 19.8 Å². The van der Waals surface area contributed by atoms with E-state index in [2.05, 4.69) is 6.92 Å². The summed E-state index contributed by atoms with van der Waals surface area (Å²) < 4.78 is 32.0. The predicted molar refractivity (Wildman–Crippen MR) is 148 cm³/mol. The standard InChI is InChI=1S/C32H32FNO5/c1-3-5-9-18-38-26-14-12-22(19-27(26)37-4-2)29-28-30(35)24-20-23(33)13-15-25(24)39-31(28)32(36)34(29)17-16-21-10-7-6-8-11-21/h6-8,10-15,19-20,29H,3-5,9,16-18H2,1-2H3. The van der Waals surface area contributed by atoms with Crippen LogP contribution < -0.4 is 14.9 Å². The highest BCUT2D eigenvalue weighted by Crippen LogP contribution is 2.41. The van der Waals surface area contributed by atoms with Crippen molar-refractivity contribution in [1.29, 1.82) is 0 Å². The van der Waals surface area contributed by atoms with Gasteiger partial charge in [-0.1, -0.05) is 56.2 Å². The minimum Gasteiger partial charge on any atom is -0.490 e. The van der Waals surface area contributed by atoms with Gasteiger partial charge in [-0.2, -0.15) is 0 Å². The van der Waals surface area contributed by atoms with Gasteiger partial charge in [0.05, 0.1) is 30.2 Å². The van der Waals surface area contributed by atoms with Gasteiger partial charge in [0.1, 0.15) is 11.4 Å². The van der Waals surface area contributed by atoms with Crippen molar-refractivity contribution in [2.45, 2.75) is 45.6 Å². The average molecular weight is 530 g/mol. The third kappa shape index (κ3) is 5.39. The second-order valence-corrected chi connectivity index (χ2v) is 9.65. The Hall–Kier alpha value is -4.13. The Kier molecular flexibility index (Phi) is 7.96. The molecule has 5 rings (SSSR count). The van der Waals surface area contributed by atoms with Gasteiger partial charge in [-0.25, -0.2) is 4.39 Å². The Bertz CT molecular complexity index is 1530. The summed E-state index contributed by atoms with van der Waals surface area (Å²) in [5.74, 6) is 0.248. The van der Waals surface area contributed by atoms with Crippen LogP contribution in [0.5, 0.6) is 11.5 Å². The molecule has 0 aliphatic carbocycles. The zero-order valence-electron chi connectivity index (χ0n) is 22.2. The highest BCUT2D eigenvalue weighted by atomic mass is 19.1. The number of nitrogens with zero attached hydrogens (tertiary/aromatic N) is 1. The molecule has 4 aromatic rings. The second kappa shape index (κ2) is 11.7. The number of amides is 1. The molecule has 2 heterocycles. The van der Waals surface area contributed by atoms with Gasteiger partial charge in [0, 0.05) is 6.54 Å². The number of hydrogen-bond acceptors (Lipinski definition) is 5. The molecule has 0 saturated carbocycles. The fourth-order valence-electron chi connectivity index (χ4n) is 5.08. The van der Waals surface area contributed by atoms with Crippen LogP contribution in [0.15, 0.2) is 75.9 Å². The first-order valence-electron chi connectivity index (χ1n) is 13.5. The summed E-state index contributed by atoms with van der Waals surface area (Å²) in [5, 5.41) is 0.109. The number of hydrogen-bond donors (Lipinski definition) is 0. The number of ether oxygens (including phenoxy) is 2. The molecule has 0 N–H and O–H groups in total. The monoisotopic (exact) mass is 529 g/mol. The van der Waals surface area contributed by atoms with Gasteiger partial charge in [0.25, 0.3) is 5.91 Å². The van der Waals surface area contributed by atoms with E-state index in [4.69, 9.17) is 13.9 Å². The molecule has 0 fully saturated rings. The zero-order valence-corrected chi connectivity index (χ0v) is 22.2. The maximum absolute atomic E-state index is 14.1. The fourth-order valence-corrected chi connectivity index (χ4v) is 5.08. The molecule has 3 aromatic carbocycles. The van der Waals surface area contributed by atoms with Crippen LogP contribution in [0.4, 0.5) is 4.39 Å². The summed E-state index contributed by atoms with van der Waals surface area (Å²) in [4.78, 5) is 29.1. The lowest BCUT2D eigenvalue weighted by Crippen LogP contribution is -2.31. The molecule has 0 spiro atoms. The lowest BCUT2D eigenvalue weighted by Gasteiger charge is -2.26. The zero-order chi connectivity index (χ0) is 27.4. The number of carbonyl (C=O) groups is 1. The van der Waals surface area contributed by atoms with Crippen molar-refractivity contribution in [2.24, 2.45) is 0 Å². The Balaban J connectivity index is 1.59.